The molecule has 0 aliphatic carbocycles. The van der Waals surface area contributed by atoms with Gasteiger partial charge in [-0.25, -0.2) is 8.78 Å². The lowest BCUT2D eigenvalue weighted by Crippen LogP contribution is -2.19. The molecule has 0 fully saturated rings. The summed E-state index contributed by atoms with van der Waals surface area (Å²) in [7, 11) is 0. The van der Waals surface area contributed by atoms with Crippen molar-refractivity contribution in [2.24, 2.45) is 5.92 Å². The molecule has 0 radical (unpaired) electrons. The Labute approximate surface area is 115 Å². The van der Waals surface area contributed by atoms with Crippen LogP contribution in [0.2, 0.25) is 0 Å². The average molecular weight is 282 g/mol. The van der Waals surface area contributed by atoms with Crippen molar-refractivity contribution in [3.63, 3.8) is 0 Å². The van der Waals surface area contributed by atoms with E-state index in [1.165, 1.54) is 12.1 Å². The summed E-state index contributed by atoms with van der Waals surface area (Å²) in [6, 6.07) is 3.84. The minimum Gasteiger partial charge on any atom is -0.406 e. The molecule has 2 rings (SSSR count). The highest BCUT2D eigenvalue weighted by Crippen LogP contribution is 2.20. The van der Waals surface area contributed by atoms with Crippen molar-refractivity contribution in [3.05, 3.63) is 35.7 Å². The monoisotopic (exact) mass is 282 g/mol. The summed E-state index contributed by atoms with van der Waals surface area (Å²) in [5, 5.41) is 13.2. The van der Waals surface area contributed by atoms with E-state index in [0.717, 1.165) is 12.6 Å². The van der Waals surface area contributed by atoms with Gasteiger partial charge in [-0.2, -0.15) is 0 Å². The lowest BCUT2D eigenvalue weighted by Gasteiger charge is -2.04. The number of benzene rings is 1. The highest BCUT2D eigenvalue weighted by Gasteiger charge is 2.11. The molecule has 7 heteroatoms. The summed E-state index contributed by atoms with van der Waals surface area (Å²) in [5.74, 6) is -1.03. The molecule has 0 saturated carbocycles. The van der Waals surface area contributed by atoms with Crippen LogP contribution in [0.15, 0.2) is 22.6 Å². The number of anilines is 2. The fourth-order valence-electron chi connectivity index (χ4n) is 1.56. The molecule has 5 nitrogen and oxygen atoms in total. The average Bonchev–Trinajstić information content (AvgIpc) is 2.82. The lowest BCUT2D eigenvalue weighted by molar-refractivity contribution is 0.459. The second-order valence-corrected chi connectivity index (χ2v) is 4.75. The highest BCUT2D eigenvalue weighted by molar-refractivity contribution is 5.52. The van der Waals surface area contributed by atoms with Gasteiger partial charge < -0.3 is 15.1 Å². The highest BCUT2D eigenvalue weighted by atomic mass is 19.2. The standard InChI is InChI=1S/C13H16F2N4O/c1-8(2)6-16-7-11-18-19-13(20-11)17-10-5-3-4-9(14)12(10)15/h3-5,8,16H,6-7H2,1-2H3,(H,17,19). The summed E-state index contributed by atoms with van der Waals surface area (Å²) in [5.41, 5.74) is -0.0460. The third kappa shape index (κ3) is 3.74. The second kappa shape index (κ2) is 6.42. The van der Waals surface area contributed by atoms with Gasteiger partial charge in [0.05, 0.1) is 12.2 Å². The number of rotatable bonds is 6. The fraction of sp³-hybridized carbons (Fsp3) is 0.385. The minimum atomic E-state index is -0.981. The second-order valence-electron chi connectivity index (χ2n) is 4.75. The summed E-state index contributed by atoms with van der Waals surface area (Å²) in [4.78, 5) is 0. The Morgan fingerprint density at radius 3 is 2.80 bits per heavy atom. The SMILES string of the molecule is CC(C)CNCc1nnc(Nc2cccc(F)c2F)o1. The normalized spacial score (nSPS) is 11.1. The molecule has 2 aromatic rings. The van der Waals surface area contributed by atoms with E-state index in [9.17, 15) is 8.78 Å². The van der Waals surface area contributed by atoms with Gasteiger partial charge >= 0.3 is 6.01 Å². The molecular formula is C13H16F2N4O. The Hall–Kier alpha value is -2.02. The van der Waals surface area contributed by atoms with Crippen LogP contribution in [-0.2, 0) is 6.54 Å². The van der Waals surface area contributed by atoms with Gasteiger partial charge in [-0.15, -0.1) is 5.10 Å². The number of halogens is 2. The molecule has 0 saturated heterocycles. The first kappa shape index (κ1) is 14.4. The number of hydrogen-bond acceptors (Lipinski definition) is 5. The number of hydrogen-bond donors (Lipinski definition) is 2. The molecule has 0 atom stereocenters. The van der Waals surface area contributed by atoms with Crippen molar-refractivity contribution in [3.8, 4) is 0 Å². The largest absolute Gasteiger partial charge is 0.406 e. The number of nitrogens with one attached hydrogen (secondary N) is 2. The predicted molar refractivity (Wildman–Crippen MR) is 70.5 cm³/mol. The molecule has 108 valence electrons. The molecule has 2 N–H and O–H groups in total. The van der Waals surface area contributed by atoms with E-state index in [0.29, 0.717) is 18.4 Å². The van der Waals surface area contributed by atoms with Gasteiger partial charge in [0.1, 0.15) is 0 Å². The quantitative estimate of drug-likeness (QED) is 0.853. The van der Waals surface area contributed by atoms with Crippen LogP contribution in [0.25, 0.3) is 0 Å². The molecule has 1 aromatic carbocycles. The molecule has 1 aromatic heterocycles. The van der Waals surface area contributed by atoms with Gasteiger partial charge in [0, 0.05) is 0 Å². The predicted octanol–water partition coefficient (Wildman–Crippen LogP) is 2.84. The third-order valence-electron chi connectivity index (χ3n) is 2.49. The number of nitrogens with zero attached hydrogens (tertiary/aromatic N) is 2. The van der Waals surface area contributed by atoms with Crippen LogP contribution < -0.4 is 10.6 Å². The zero-order valence-electron chi connectivity index (χ0n) is 11.3. The maximum absolute atomic E-state index is 13.4. The summed E-state index contributed by atoms with van der Waals surface area (Å²) in [6.07, 6.45) is 0. The third-order valence-corrected chi connectivity index (χ3v) is 2.49. The van der Waals surface area contributed by atoms with E-state index in [2.05, 4.69) is 34.7 Å². The van der Waals surface area contributed by atoms with Gasteiger partial charge in [-0.1, -0.05) is 25.0 Å². The first-order chi connectivity index (χ1) is 9.56. The Bertz CT molecular complexity index is 571. The van der Waals surface area contributed by atoms with Crippen molar-refractivity contribution in [1.29, 1.82) is 0 Å². The van der Waals surface area contributed by atoms with Crippen molar-refractivity contribution in [1.82, 2.24) is 15.5 Å². The zero-order chi connectivity index (χ0) is 14.5. The van der Waals surface area contributed by atoms with Gasteiger partial charge in [0.15, 0.2) is 11.6 Å². The minimum absolute atomic E-state index is 0.0239. The molecule has 20 heavy (non-hydrogen) atoms. The Balaban J connectivity index is 1.97. The molecule has 0 spiro atoms. The fourth-order valence-corrected chi connectivity index (χ4v) is 1.56. The molecule has 0 unspecified atom stereocenters. The maximum atomic E-state index is 13.4. The van der Waals surface area contributed by atoms with Crippen LogP contribution in [0.1, 0.15) is 19.7 Å². The van der Waals surface area contributed by atoms with Crippen molar-refractivity contribution in [2.45, 2.75) is 20.4 Å². The summed E-state index contributed by atoms with van der Waals surface area (Å²) in [6.45, 7) is 5.42. The smallest absolute Gasteiger partial charge is 0.320 e. The molecule has 0 bridgehead atoms. The van der Waals surface area contributed by atoms with E-state index < -0.39 is 11.6 Å². The van der Waals surface area contributed by atoms with E-state index >= 15 is 0 Å². The summed E-state index contributed by atoms with van der Waals surface area (Å²) >= 11 is 0. The maximum Gasteiger partial charge on any atom is 0.320 e. The first-order valence-electron chi connectivity index (χ1n) is 6.30. The van der Waals surface area contributed by atoms with Gasteiger partial charge in [-0.3, -0.25) is 0 Å². The van der Waals surface area contributed by atoms with Crippen LogP contribution >= 0.6 is 0 Å². The molecule has 1 heterocycles. The van der Waals surface area contributed by atoms with E-state index in [1.807, 2.05) is 0 Å². The first-order valence-corrected chi connectivity index (χ1v) is 6.30. The molecule has 0 aliphatic rings. The van der Waals surface area contributed by atoms with Crippen molar-refractivity contribution >= 4 is 11.7 Å². The summed E-state index contributed by atoms with van der Waals surface area (Å²) < 4.78 is 31.8. The van der Waals surface area contributed by atoms with Gasteiger partial charge in [0.2, 0.25) is 5.89 Å². The van der Waals surface area contributed by atoms with E-state index in [-0.39, 0.29) is 11.7 Å². The van der Waals surface area contributed by atoms with Crippen molar-refractivity contribution in [2.75, 3.05) is 11.9 Å². The topological polar surface area (TPSA) is 63.0 Å². The molecule has 0 aliphatic heterocycles. The molecule has 0 amide bonds. The van der Waals surface area contributed by atoms with Gasteiger partial charge in [0.25, 0.3) is 0 Å². The van der Waals surface area contributed by atoms with E-state index in [4.69, 9.17) is 4.42 Å². The van der Waals surface area contributed by atoms with Crippen LogP contribution in [0.4, 0.5) is 20.5 Å². The van der Waals surface area contributed by atoms with Crippen LogP contribution in [-0.4, -0.2) is 16.7 Å². The Morgan fingerprint density at radius 2 is 2.05 bits per heavy atom. The van der Waals surface area contributed by atoms with Gasteiger partial charge in [-0.05, 0) is 24.6 Å². The zero-order valence-corrected chi connectivity index (χ0v) is 11.3. The Kier molecular flexibility index (Phi) is 4.62. The van der Waals surface area contributed by atoms with E-state index in [1.54, 1.807) is 0 Å². The molecular weight excluding hydrogens is 266 g/mol. The van der Waals surface area contributed by atoms with Crippen LogP contribution in [0.3, 0.4) is 0 Å². The van der Waals surface area contributed by atoms with Crippen LogP contribution in [0, 0.1) is 17.6 Å². The number of aromatic nitrogens is 2. The van der Waals surface area contributed by atoms with Crippen molar-refractivity contribution < 1.29 is 13.2 Å². The Morgan fingerprint density at radius 1 is 1.25 bits per heavy atom. The van der Waals surface area contributed by atoms with Crippen LogP contribution in [0.5, 0.6) is 0 Å². The lowest BCUT2D eigenvalue weighted by atomic mass is 10.2.